The largest absolute Gasteiger partial charge is 0.497 e. The first kappa shape index (κ1) is 22.8. The number of sulfonamides is 1. The van der Waals surface area contributed by atoms with E-state index >= 15 is 0 Å². The third kappa shape index (κ3) is 5.25. The van der Waals surface area contributed by atoms with Crippen molar-refractivity contribution < 1.29 is 27.4 Å². The van der Waals surface area contributed by atoms with Crippen LogP contribution in [0.2, 0.25) is 10.0 Å². The van der Waals surface area contributed by atoms with E-state index in [0.29, 0.717) is 19.6 Å². The van der Waals surface area contributed by atoms with Crippen molar-refractivity contribution in [2.24, 2.45) is 0 Å². The summed E-state index contributed by atoms with van der Waals surface area (Å²) < 4.78 is 42.7. The van der Waals surface area contributed by atoms with Crippen molar-refractivity contribution in [2.45, 2.75) is 11.3 Å². The Labute approximate surface area is 185 Å². The van der Waals surface area contributed by atoms with Gasteiger partial charge in [-0.3, -0.25) is 0 Å². The summed E-state index contributed by atoms with van der Waals surface area (Å²) in [6, 6.07) is 9.79. The number of nitrogens with zero attached hydrogens (tertiary/aromatic N) is 1. The summed E-state index contributed by atoms with van der Waals surface area (Å²) in [5.41, 5.74) is 0.906. The number of benzene rings is 2. The monoisotopic (exact) mass is 473 g/mol. The zero-order chi connectivity index (χ0) is 21.7. The van der Waals surface area contributed by atoms with E-state index in [-0.39, 0.29) is 40.2 Å². The van der Waals surface area contributed by atoms with E-state index in [1.807, 2.05) is 24.3 Å². The molecule has 0 spiro atoms. The minimum Gasteiger partial charge on any atom is -0.497 e. The average molecular weight is 474 g/mol. The number of methoxy groups -OCH3 is 1. The lowest BCUT2D eigenvalue weighted by Gasteiger charge is -2.26. The van der Waals surface area contributed by atoms with Gasteiger partial charge in [-0.15, -0.1) is 0 Å². The molecule has 0 saturated carbocycles. The van der Waals surface area contributed by atoms with Crippen LogP contribution in [0.4, 0.5) is 0 Å². The van der Waals surface area contributed by atoms with Crippen LogP contribution in [0.15, 0.2) is 41.3 Å². The van der Waals surface area contributed by atoms with Gasteiger partial charge in [0.05, 0.1) is 42.5 Å². The predicted molar refractivity (Wildman–Crippen MR) is 113 cm³/mol. The molecule has 162 valence electrons. The van der Waals surface area contributed by atoms with Crippen LogP contribution in [0, 0.1) is 0 Å². The van der Waals surface area contributed by atoms with Crippen molar-refractivity contribution in [3.8, 4) is 5.75 Å². The van der Waals surface area contributed by atoms with Crippen LogP contribution in [0.1, 0.15) is 15.9 Å². The first-order valence-corrected chi connectivity index (χ1v) is 11.4. The van der Waals surface area contributed by atoms with E-state index in [4.69, 9.17) is 37.4 Å². The molecule has 2 aromatic carbocycles. The number of hydrogen-bond donors (Lipinski definition) is 0. The average Bonchev–Trinajstić information content (AvgIpc) is 2.74. The third-order valence-electron chi connectivity index (χ3n) is 4.61. The lowest BCUT2D eigenvalue weighted by atomic mass is 10.1. The minimum absolute atomic E-state index is 0.0235. The molecular formula is C20H21Cl2NO6S. The molecule has 1 aliphatic heterocycles. The molecule has 0 bridgehead atoms. The van der Waals surface area contributed by atoms with E-state index in [1.165, 1.54) is 16.4 Å². The highest BCUT2D eigenvalue weighted by Crippen LogP contribution is 2.31. The number of carbonyl (C=O) groups excluding carboxylic acids is 1. The number of esters is 1. The van der Waals surface area contributed by atoms with Crippen LogP contribution >= 0.6 is 23.2 Å². The highest BCUT2D eigenvalue weighted by molar-refractivity contribution is 7.89. The van der Waals surface area contributed by atoms with Crippen LogP contribution < -0.4 is 4.74 Å². The third-order valence-corrected chi connectivity index (χ3v) is 7.29. The molecule has 0 unspecified atom stereocenters. The van der Waals surface area contributed by atoms with Crippen LogP contribution in [-0.4, -0.2) is 58.7 Å². The second kappa shape index (κ2) is 9.98. The number of halogens is 2. The van der Waals surface area contributed by atoms with Gasteiger partial charge in [0.25, 0.3) is 0 Å². The first-order chi connectivity index (χ1) is 14.3. The Morgan fingerprint density at radius 3 is 2.40 bits per heavy atom. The van der Waals surface area contributed by atoms with Gasteiger partial charge in [-0.2, -0.15) is 4.31 Å². The standard InChI is InChI=1S/C20H21Cl2NO6S/c1-27-15-4-2-14(3-5-15)6-9-29-20(24)16-12-19(18(22)13-17(16)21)30(25,26)23-7-10-28-11-8-23/h2-5,12-13H,6-11H2,1H3. The van der Waals surface area contributed by atoms with Crippen LogP contribution in [-0.2, 0) is 25.9 Å². The van der Waals surface area contributed by atoms with Gasteiger partial charge in [0.15, 0.2) is 0 Å². The Morgan fingerprint density at radius 2 is 1.77 bits per heavy atom. The molecule has 1 heterocycles. The Kier molecular flexibility index (Phi) is 7.60. The van der Waals surface area contributed by atoms with E-state index in [0.717, 1.165) is 11.3 Å². The summed E-state index contributed by atoms with van der Waals surface area (Å²) in [4.78, 5) is 12.3. The maximum Gasteiger partial charge on any atom is 0.339 e. The molecule has 0 N–H and O–H groups in total. The molecule has 0 atom stereocenters. The summed E-state index contributed by atoms with van der Waals surface area (Å²) in [6.45, 7) is 1.12. The van der Waals surface area contributed by atoms with E-state index < -0.39 is 16.0 Å². The van der Waals surface area contributed by atoms with Crippen molar-refractivity contribution in [1.82, 2.24) is 4.31 Å². The molecule has 30 heavy (non-hydrogen) atoms. The zero-order valence-corrected chi connectivity index (χ0v) is 18.6. The van der Waals surface area contributed by atoms with E-state index in [1.54, 1.807) is 7.11 Å². The molecule has 7 nitrogen and oxygen atoms in total. The predicted octanol–water partition coefficient (Wildman–Crippen LogP) is 3.42. The Morgan fingerprint density at radius 1 is 1.10 bits per heavy atom. The van der Waals surface area contributed by atoms with Gasteiger partial charge < -0.3 is 14.2 Å². The Balaban J connectivity index is 1.73. The fraction of sp³-hybridized carbons (Fsp3) is 0.350. The van der Waals surface area contributed by atoms with Crippen molar-refractivity contribution in [1.29, 1.82) is 0 Å². The zero-order valence-electron chi connectivity index (χ0n) is 16.3. The van der Waals surface area contributed by atoms with E-state index in [2.05, 4.69) is 0 Å². The molecular weight excluding hydrogens is 453 g/mol. The normalized spacial score (nSPS) is 15.0. The molecule has 0 aromatic heterocycles. The van der Waals surface area contributed by atoms with Gasteiger partial charge in [0.2, 0.25) is 10.0 Å². The molecule has 0 aliphatic carbocycles. The number of morpholine rings is 1. The summed E-state index contributed by atoms with van der Waals surface area (Å²) >= 11 is 12.3. The van der Waals surface area contributed by atoms with Gasteiger partial charge >= 0.3 is 5.97 Å². The Hall–Kier alpha value is -1.84. The summed E-state index contributed by atoms with van der Waals surface area (Å²) in [5.74, 6) is 0.0151. The van der Waals surface area contributed by atoms with Crippen LogP contribution in [0.5, 0.6) is 5.75 Å². The van der Waals surface area contributed by atoms with Gasteiger partial charge in [-0.1, -0.05) is 35.3 Å². The smallest absolute Gasteiger partial charge is 0.339 e. The van der Waals surface area contributed by atoms with Crippen molar-refractivity contribution >= 4 is 39.2 Å². The molecule has 0 amide bonds. The summed E-state index contributed by atoms with van der Waals surface area (Å²) in [6.07, 6.45) is 0.486. The second-order valence-electron chi connectivity index (χ2n) is 6.51. The van der Waals surface area contributed by atoms with Crippen molar-refractivity contribution in [3.63, 3.8) is 0 Å². The molecule has 10 heteroatoms. The highest BCUT2D eigenvalue weighted by Gasteiger charge is 2.30. The van der Waals surface area contributed by atoms with Crippen LogP contribution in [0.25, 0.3) is 0 Å². The fourth-order valence-electron chi connectivity index (χ4n) is 2.94. The van der Waals surface area contributed by atoms with Crippen LogP contribution in [0.3, 0.4) is 0 Å². The first-order valence-electron chi connectivity index (χ1n) is 9.20. The lowest BCUT2D eigenvalue weighted by Crippen LogP contribution is -2.40. The highest BCUT2D eigenvalue weighted by atomic mass is 35.5. The van der Waals surface area contributed by atoms with Gasteiger partial charge in [-0.25, -0.2) is 13.2 Å². The number of hydrogen-bond acceptors (Lipinski definition) is 6. The minimum atomic E-state index is -3.89. The number of rotatable bonds is 7. The Bertz CT molecular complexity index is 1000. The van der Waals surface area contributed by atoms with Crippen molar-refractivity contribution in [2.75, 3.05) is 40.0 Å². The van der Waals surface area contributed by atoms with Crippen molar-refractivity contribution in [3.05, 3.63) is 57.6 Å². The topological polar surface area (TPSA) is 82.1 Å². The lowest BCUT2D eigenvalue weighted by molar-refractivity contribution is 0.0509. The maximum atomic E-state index is 12.9. The van der Waals surface area contributed by atoms with Gasteiger partial charge in [0.1, 0.15) is 10.6 Å². The molecule has 0 radical (unpaired) electrons. The SMILES string of the molecule is COc1ccc(CCOC(=O)c2cc(S(=O)(=O)N3CCOCC3)c(Cl)cc2Cl)cc1. The molecule has 3 rings (SSSR count). The molecule has 1 aliphatic rings. The molecule has 1 saturated heterocycles. The fourth-order valence-corrected chi connectivity index (χ4v) is 5.17. The van der Waals surface area contributed by atoms with E-state index in [9.17, 15) is 13.2 Å². The molecule has 1 fully saturated rings. The maximum absolute atomic E-state index is 12.9. The van der Waals surface area contributed by atoms with Gasteiger partial charge in [-0.05, 0) is 29.8 Å². The van der Waals surface area contributed by atoms with Gasteiger partial charge in [0, 0.05) is 19.5 Å². The summed E-state index contributed by atoms with van der Waals surface area (Å²) in [7, 11) is -2.31. The number of ether oxygens (including phenoxy) is 3. The molecule has 2 aromatic rings. The number of carbonyl (C=O) groups is 1. The summed E-state index contributed by atoms with van der Waals surface area (Å²) in [5, 5.41) is -0.0309. The quantitative estimate of drug-likeness (QED) is 0.572. The second-order valence-corrected chi connectivity index (χ2v) is 9.23.